The maximum absolute atomic E-state index is 13.6. The Morgan fingerprint density at radius 3 is 2.67 bits per heavy atom. The highest BCUT2D eigenvalue weighted by molar-refractivity contribution is 5.97. The predicted molar refractivity (Wildman–Crippen MR) is 109 cm³/mol. The van der Waals surface area contributed by atoms with Crippen LogP contribution in [0.3, 0.4) is 0 Å². The van der Waals surface area contributed by atoms with Gasteiger partial charge in [0.15, 0.2) is 11.5 Å². The van der Waals surface area contributed by atoms with E-state index in [9.17, 15) is 10.1 Å². The minimum Gasteiger partial charge on any atom is -0.454 e. The quantitative estimate of drug-likeness (QED) is 0.774. The van der Waals surface area contributed by atoms with E-state index in [4.69, 9.17) is 9.47 Å². The number of ether oxygens (including phenoxy) is 2. The van der Waals surface area contributed by atoms with Crippen molar-refractivity contribution < 1.29 is 14.3 Å². The molecule has 3 atom stereocenters. The molecule has 0 unspecified atom stereocenters. The third-order valence-corrected chi connectivity index (χ3v) is 7.36. The first-order chi connectivity index (χ1) is 14.7. The molecule has 1 amide bonds. The van der Waals surface area contributed by atoms with E-state index >= 15 is 0 Å². The molecule has 5 heterocycles. The first kappa shape index (κ1) is 17.8. The summed E-state index contributed by atoms with van der Waals surface area (Å²) in [5, 5.41) is 9.51. The van der Waals surface area contributed by atoms with E-state index in [1.807, 2.05) is 18.2 Å². The van der Waals surface area contributed by atoms with Gasteiger partial charge >= 0.3 is 0 Å². The molecule has 0 radical (unpaired) electrons. The lowest BCUT2D eigenvalue weighted by atomic mass is 9.75. The average Bonchev–Trinajstić information content (AvgIpc) is 3.45. The Labute approximate surface area is 175 Å². The van der Waals surface area contributed by atoms with Crippen molar-refractivity contribution in [3.8, 4) is 17.6 Å². The van der Waals surface area contributed by atoms with Crippen molar-refractivity contribution in [2.75, 3.05) is 26.4 Å². The molecule has 2 aromatic rings. The van der Waals surface area contributed by atoms with Gasteiger partial charge in [-0.2, -0.15) is 5.26 Å². The number of carbonyl (C=O) groups is 1. The van der Waals surface area contributed by atoms with Crippen LogP contribution in [0.25, 0.3) is 0 Å². The Morgan fingerprint density at radius 1 is 1.03 bits per heavy atom. The van der Waals surface area contributed by atoms with Gasteiger partial charge in [-0.1, -0.05) is 18.2 Å². The maximum atomic E-state index is 13.6. The van der Waals surface area contributed by atoms with Crippen LogP contribution in [-0.2, 0) is 0 Å². The van der Waals surface area contributed by atoms with Crippen molar-refractivity contribution >= 4 is 5.91 Å². The molecule has 30 heavy (non-hydrogen) atoms. The molecule has 6 heteroatoms. The van der Waals surface area contributed by atoms with Gasteiger partial charge in [-0.15, -0.1) is 0 Å². The van der Waals surface area contributed by atoms with Crippen LogP contribution >= 0.6 is 0 Å². The van der Waals surface area contributed by atoms with Gasteiger partial charge in [-0.25, -0.2) is 0 Å². The van der Waals surface area contributed by atoms with Gasteiger partial charge in [0.1, 0.15) is 0 Å². The van der Waals surface area contributed by atoms with Crippen molar-refractivity contribution in [1.82, 2.24) is 9.80 Å². The van der Waals surface area contributed by atoms with Crippen LogP contribution < -0.4 is 9.47 Å². The number of carbonyl (C=O) groups excluding carboxylic acids is 1. The summed E-state index contributed by atoms with van der Waals surface area (Å²) in [5.74, 6) is 2.32. The van der Waals surface area contributed by atoms with Crippen LogP contribution in [0.1, 0.15) is 40.2 Å². The summed E-state index contributed by atoms with van der Waals surface area (Å²) < 4.78 is 11.1. The number of fused-ring (bicyclic) bond motifs is 3. The van der Waals surface area contributed by atoms with E-state index in [2.05, 4.69) is 28.0 Å². The number of likely N-dealkylation sites (tertiary alicyclic amines) is 1. The Hall–Kier alpha value is -3.04. The van der Waals surface area contributed by atoms with E-state index in [0.29, 0.717) is 29.6 Å². The molecule has 4 saturated heterocycles. The lowest BCUT2D eigenvalue weighted by Gasteiger charge is -2.51. The molecule has 6 nitrogen and oxygen atoms in total. The first-order valence-corrected chi connectivity index (χ1v) is 10.7. The molecule has 2 aromatic carbocycles. The fourth-order valence-corrected chi connectivity index (χ4v) is 6.01. The lowest BCUT2D eigenvalue weighted by molar-refractivity contribution is -0.00342. The second-order valence-corrected chi connectivity index (χ2v) is 8.69. The molecule has 0 saturated carbocycles. The standard InChI is InChI=1S/C24H23N3O3/c25-12-17-3-1-2-4-18(17)24(28)27-13-19(16-5-6-20-21(11-16)30-14-29-20)23-22(27)15-7-9-26(23)10-8-15/h1-6,11,15,19,22-23H,7-10,13-14H2/t19-,22+,23+/m0/s1. The summed E-state index contributed by atoms with van der Waals surface area (Å²) in [5.41, 5.74) is 2.17. The zero-order valence-corrected chi connectivity index (χ0v) is 16.7. The van der Waals surface area contributed by atoms with Gasteiger partial charge in [0.05, 0.1) is 23.2 Å². The van der Waals surface area contributed by atoms with Gasteiger partial charge in [-0.05, 0) is 61.7 Å². The Morgan fingerprint density at radius 2 is 1.83 bits per heavy atom. The SMILES string of the molecule is N#Cc1ccccc1C(=O)N1C[C@@H](c2ccc3c(c2)OCO3)[C@@H]2[C@H]1C1CCN2CC1. The summed E-state index contributed by atoms with van der Waals surface area (Å²) in [4.78, 5) is 18.3. The minimum absolute atomic E-state index is 0.0147. The van der Waals surface area contributed by atoms with Gasteiger partial charge < -0.3 is 14.4 Å². The topological polar surface area (TPSA) is 65.8 Å². The Balaban J connectivity index is 1.40. The zero-order valence-electron chi connectivity index (χ0n) is 16.7. The first-order valence-electron chi connectivity index (χ1n) is 10.7. The van der Waals surface area contributed by atoms with Crippen LogP contribution in [0.5, 0.6) is 11.5 Å². The van der Waals surface area contributed by atoms with Crippen LogP contribution in [0.2, 0.25) is 0 Å². The highest BCUT2D eigenvalue weighted by Gasteiger charge is 2.54. The van der Waals surface area contributed by atoms with Crippen LogP contribution in [0.4, 0.5) is 0 Å². The monoisotopic (exact) mass is 401 g/mol. The summed E-state index contributed by atoms with van der Waals surface area (Å²) in [7, 11) is 0. The second-order valence-electron chi connectivity index (χ2n) is 8.69. The molecule has 4 fully saturated rings. The molecule has 5 aliphatic heterocycles. The molecule has 7 rings (SSSR count). The number of nitrogens with zero attached hydrogens (tertiary/aromatic N) is 3. The largest absolute Gasteiger partial charge is 0.454 e. The smallest absolute Gasteiger partial charge is 0.255 e. The summed E-state index contributed by atoms with van der Waals surface area (Å²) >= 11 is 0. The van der Waals surface area contributed by atoms with Crippen molar-refractivity contribution in [2.24, 2.45) is 5.92 Å². The molecule has 152 valence electrons. The van der Waals surface area contributed by atoms with Crippen molar-refractivity contribution in [3.05, 3.63) is 59.2 Å². The van der Waals surface area contributed by atoms with E-state index in [0.717, 1.165) is 37.4 Å². The van der Waals surface area contributed by atoms with E-state index in [1.165, 1.54) is 5.56 Å². The normalized spacial score (nSPS) is 30.8. The molecule has 0 aromatic heterocycles. The number of hydrogen-bond acceptors (Lipinski definition) is 5. The number of nitriles is 1. The molecular formula is C24H23N3O3. The summed E-state index contributed by atoms with van der Waals surface area (Å²) in [6.45, 7) is 3.13. The van der Waals surface area contributed by atoms with Crippen molar-refractivity contribution in [2.45, 2.75) is 30.8 Å². The number of piperidine rings is 3. The van der Waals surface area contributed by atoms with E-state index in [-0.39, 0.29) is 24.7 Å². The highest BCUT2D eigenvalue weighted by atomic mass is 16.7. The molecule has 2 bridgehead atoms. The fraction of sp³-hybridized carbons (Fsp3) is 0.417. The van der Waals surface area contributed by atoms with Gasteiger partial charge in [0.2, 0.25) is 6.79 Å². The minimum atomic E-state index is -0.0147. The third-order valence-electron chi connectivity index (χ3n) is 7.36. The Kier molecular flexibility index (Phi) is 4.00. The lowest BCUT2D eigenvalue weighted by Crippen LogP contribution is -2.60. The average molecular weight is 401 g/mol. The highest BCUT2D eigenvalue weighted by Crippen LogP contribution is 2.48. The fourth-order valence-electron chi connectivity index (χ4n) is 6.01. The zero-order chi connectivity index (χ0) is 20.2. The maximum Gasteiger partial charge on any atom is 0.255 e. The van der Waals surface area contributed by atoms with Crippen LogP contribution in [-0.4, -0.2) is 54.2 Å². The third kappa shape index (κ3) is 2.55. The predicted octanol–water partition coefficient (Wildman–Crippen LogP) is 2.99. The summed E-state index contributed by atoms with van der Waals surface area (Å²) in [6, 6.07) is 16.1. The molecule has 0 spiro atoms. The van der Waals surface area contributed by atoms with Gasteiger partial charge in [-0.3, -0.25) is 9.69 Å². The van der Waals surface area contributed by atoms with Gasteiger partial charge in [0.25, 0.3) is 5.91 Å². The second kappa shape index (κ2) is 6.75. The Bertz CT molecular complexity index is 1050. The molecular weight excluding hydrogens is 378 g/mol. The number of benzene rings is 2. The molecule has 0 aliphatic carbocycles. The van der Waals surface area contributed by atoms with Crippen LogP contribution in [0.15, 0.2) is 42.5 Å². The summed E-state index contributed by atoms with van der Waals surface area (Å²) in [6.07, 6.45) is 2.28. The molecule has 0 N–H and O–H groups in total. The van der Waals surface area contributed by atoms with Crippen LogP contribution in [0, 0.1) is 17.2 Å². The van der Waals surface area contributed by atoms with E-state index < -0.39 is 0 Å². The number of hydrogen-bond donors (Lipinski definition) is 0. The van der Waals surface area contributed by atoms with Gasteiger partial charge in [0, 0.05) is 18.5 Å². The number of amides is 1. The van der Waals surface area contributed by atoms with Crippen molar-refractivity contribution in [3.63, 3.8) is 0 Å². The molecule has 5 aliphatic rings. The number of rotatable bonds is 2. The van der Waals surface area contributed by atoms with E-state index in [1.54, 1.807) is 12.1 Å². The van der Waals surface area contributed by atoms with Crippen molar-refractivity contribution in [1.29, 1.82) is 5.26 Å².